The predicted molar refractivity (Wildman–Crippen MR) is 127 cm³/mol. The molecule has 0 saturated carbocycles. The summed E-state index contributed by atoms with van der Waals surface area (Å²) in [7, 11) is 3.60. The van der Waals surface area contributed by atoms with Gasteiger partial charge in [-0.1, -0.05) is 11.6 Å². The van der Waals surface area contributed by atoms with Crippen molar-refractivity contribution in [3.8, 4) is 11.3 Å². The molecule has 1 aliphatic heterocycles. The molecule has 0 aliphatic carbocycles. The van der Waals surface area contributed by atoms with Crippen molar-refractivity contribution in [3.63, 3.8) is 0 Å². The van der Waals surface area contributed by atoms with E-state index in [2.05, 4.69) is 15.0 Å². The molecule has 0 radical (unpaired) electrons. The maximum atomic E-state index is 14.9. The third-order valence-electron chi connectivity index (χ3n) is 6.40. The van der Waals surface area contributed by atoms with E-state index in [0.717, 1.165) is 25.9 Å². The maximum absolute atomic E-state index is 14.9. The maximum Gasteiger partial charge on any atom is 0.261 e. The van der Waals surface area contributed by atoms with E-state index in [9.17, 15) is 9.18 Å². The summed E-state index contributed by atoms with van der Waals surface area (Å²) in [6.45, 7) is 3.30. The fraction of sp³-hybridized carbons (Fsp3) is 0.333. The van der Waals surface area contributed by atoms with Crippen LogP contribution in [0, 0.1) is 12.7 Å². The van der Waals surface area contributed by atoms with Crippen molar-refractivity contribution in [2.24, 2.45) is 14.1 Å². The van der Waals surface area contributed by atoms with Gasteiger partial charge in [-0.2, -0.15) is 5.10 Å². The number of anilines is 1. The Morgan fingerprint density at radius 2 is 2.00 bits per heavy atom. The first-order valence-electron chi connectivity index (χ1n) is 10.9. The van der Waals surface area contributed by atoms with E-state index in [1.54, 1.807) is 32.2 Å². The summed E-state index contributed by atoms with van der Waals surface area (Å²) in [5, 5.41) is 5.02. The van der Waals surface area contributed by atoms with E-state index in [-0.39, 0.29) is 11.1 Å². The van der Waals surface area contributed by atoms with E-state index in [0.29, 0.717) is 39.2 Å². The summed E-state index contributed by atoms with van der Waals surface area (Å²) in [4.78, 5) is 24.8. The number of benzene rings is 1. The van der Waals surface area contributed by atoms with Crippen LogP contribution in [0.1, 0.15) is 30.1 Å². The average Bonchev–Trinajstić information content (AvgIpc) is 3.24. The normalized spacial score (nSPS) is 16.5. The summed E-state index contributed by atoms with van der Waals surface area (Å²) in [6.07, 6.45) is 5.98. The van der Waals surface area contributed by atoms with Crippen LogP contribution in [0.4, 0.5) is 10.2 Å². The van der Waals surface area contributed by atoms with Gasteiger partial charge < -0.3 is 4.90 Å². The Kier molecular flexibility index (Phi) is 5.40. The lowest BCUT2D eigenvalue weighted by molar-refractivity contribution is 0.507. The molecule has 4 heterocycles. The van der Waals surface area contributed by atoms with Crippen molar-refractivity contribution in [2.45, 2.75) is 25.7 Å². The first-order valence-corrected chi connectivity index (χ1v) is 11.3. The topological polar surface area (TPSA) is 68.8 Å². The third-order valence-corrected chi connectivity index (χ3v) is 6.64. The van der Waals surface area contributed by atoms with Gasteiger partial charge in [0.05, 0.1) is 11.6 Å². The van der Waals surface area contributed by atoms with Gasteiger partial charge in [-0.3, -0.25) is 14.0 Å². The quantitative estimate of drug-likeness (QED) is 0.452. The van der Waals surface area contributed by atoms with Crippen LogP contribution in [-0.2, 0) is 14.1 Å². The average molecular weight is 467 g/mol. The minimum atomic E-state index is -0.500. The van der Waals surface area contributed by atoms with Crippen molar-refractivity contribution in [1.82, 2.24) is 24.3 Å². The van der Waals surface area contributed by atoms with Crippen molar-refractivity contribution < 1.29 is 4.39 Å². The highest BCUT2D eigenvalue weighted by Gasteiger charge is 2.25. The Hall–Kier alpha value is -3.26. The van der Waals surface area contributed by atoms with Crippen LogP contribution >= 0.6 is 11.6 Å². The zero-order valence-corrected chi connectivity index (χ0v) is 19.5. The molecule has 33 heavy (non-hydrogen) atoms. The number of fused-ring (bicyclic) bond motifs is 1. The number of halogens is 2. The summed E-state index contributed by atoms with van der Waals surface area (Å²) >= 11 is 5.98. The molecule has 1 aliphatic rings. The van der Waals surface area contributed by atoms with Gasteiger partial charge in [0.25, 0.3) is 5.56 Å². The van der Waals surface area contributed by atoms with Crippen molar-refractivity contribution in [2.75, 3.05) is 18.0 Å². The first-order chi connectivity index (χ1) is 15.8. The number of hydrogen-bond donors (Lipinski definition) is 0. The van der Waals surface area contributed by atoms with Crippen molar-refractivity contribution in [3.05, 3.63) is 69.2 Å². The predicted octanol–water partition coefficient (Wildman–Crippen LogP) is 4.21. The monoisotopic (exact) mass is 466 g/mol. The molecule has 5 rings (SSSR count). The molecular formula is C24H24ClFN6O. The fourth-order valence-electron chi connectivity index (χ4n) is 4.51. The number of pyridine rings is 1. The van der Waals surface area contributed by atoms with Crippen molar-refractivity contribution in [1.29, 1.82) is 0 Å². The molecule has 3 aromatic heterocycles. The number of aromatic nitrogens is 5. The molecular weight excluding hydrogens is 443 g/mol. The Bertz CT molecular complexity index is 1430. The van der Waals surface area contributed by atoms with Gasteiger partial charge >= 0.3 is 0 Å². The summed E-state index contributed by atoms with van der Waals surface area (Å²) in [6, 6.07) is 6.25. The van der Waals surface area contributed by atoms with E-state index < -0.39 is 5.82 Å². The van der Waals surface area contributed by atoms with Crippen molar-refractivity contribution >= 4 is 28.3 Å². The minimum absolute atomic E-state index is 0.183. The van der Waals surface area contributed by atoms with Gasteiger partial charge in [-0.15, -0.1) is 0 Å². The van der Waals surface area contributed by atoms with E-state index >= 15 is 0 Å². The number of piperidine rings is 1. The zero-order chi connectivity index (χ0) is 23.3. The lowest BCUT2D eigenvalue weighted by Crippen LogP contribution is -2.35. The molecule has 0 unspecified atom stereocenters. The second kappa shape index (κ2) is 8.26. The Morgan fingerprint density at radius 1 is 1.18 bits per heavy atom. The molecule has 1 aromatic carbocycles. The molecule has 0 bridgehead atoms. The van der Waals surface area contributed by atoms with Crippen LogP contribution in [0.5, 0.6) is 0 Å². The highest BCUT2D eigenvalue weighted by molar-refractivity contribution is 6.30. The molecule has 7 nitrogen and oxygen atoms in total. The molecule has 1 atom stereocenters. The van der Waals surface area contributed by atoms with Gasteiger partial charge in [0.2, 0.25) is 0 Å². The Labute approximate surface area is 195 Å². The molecule has 4 aromatic rings. The largest absolute Gasteiger partial charge is 0.356 e. The summed E-state index contributed by atoms with van der Waals surface area (Å²) < 4.78 is 18.3. The zero-order valence-electron chi connectivity index (χ0n) is 18.7. The van der Waals surface area contributed by atoms with Gasteiger partial charge in [-0.25, -0.2) is 14.4 Å². The summed E-state index contributed by atoms with van der Waals surface area (Å²) in [5.41, 5.74) is 2.01. The molecule has 0 N–H and O–H groups in total. The van der Waals surface area contributed by atoms with Gasteiger partial charge in [0, 0.05) is 49.9 Å². The fourth-order valence-corrected chi connectivity index (χ4v) is 4.66. The number of nitrogens with zero attached hydrogens (tertiary/aromatic N) is 6. The SMILES string of the molecule is Cc1nc2c(-c3ccc(Cl)cc3F)nc(N3CCC[C@H](c4cnn(C)c4)C3)cc2c(=O)n1C. The van der Waals surface area contributed by atoms with E-state index in [1.165, 1.54) is 16.2 Å². The van der Waals surface area contributed by atoms with Crippen LogP contribution in [0.25, 0.3) is 22.2 Å². The second-order valence-corrected chi connectivity index (χ2v) is 9.04. The summed E-state index contributed by atoms with van der Waals surface area (Å²) in [5.74, 6) is 0.982. The number of rotatable bonds is 3. The molecule has 0 spiro atoms. The molecule has 1 fully saturated rings. The van der Waals surface area contributed by atoms with E-state index in [4.69, 9.17) is 16.6 Å². The molecule has 170 valence electrons. The minimum Gasteiger partial charge on any atom is -0.356 e. The number of aryl methyl sites for hydroxylation is 2. The van der Waals surface area contributed by atoms with Crippen LogP contribution in [-0.4, -0.2) is 37.4 Å². The van der Waals surface area contributed by atoms with E-state index in [1.807, 2.05) is 24.1 Å². The third kappa shape index (κ3) is 3.88. The van der Waals surface area contributed by atoms with Gasteiger partial charge in [0.1, 0.15) is 28.7 Å². The molecule has 1 saturated heterocycles. The molecule has 9 heteroatoms. The first kappa shape index (κ1) is 21.6. The van der Waals surface area contributed by atoms with Crippen LogP contribution in [0.2, 0.25) is 5.02 Å². The molecule has 0 amide bonds. The smallest absolute Gasteiger partial charge is 0.261 e. The van der Waals surface area contributed by atoms with Crippen LogP contribution in [0.15, 0.2) is 41.5 Å². The van der Waals surface area contributed by atoms with Gasteiger partial charge in [-0.05, 0) is 49.6 Å². The standard InChI is InChI=1S/C24H24ClFN6O/c1-14-28-23-19(24(33)31(14)3)10-21(29-22(23)18-7-6-17(25)9-20(18)26)32-8-4-5-15(13-32)16-11-27-30(2)12-16/h6-7,9-12,15H,4-5,8,13H2,1-3H3/t15-/m0/s1. The lowest BCUT2D eigenvalue weighted by atomic mass is 9.93. The lowest BCUT2D eigenvalue weighted by Gasteiger charge is -2.33. The highest BCUT2D eigenvalue weighted by atomic mass is 35.5. The second-order valence-electron chi connectivity index (χ2n) is 8.61. The Balaban J connectivity index is 1.67. The highest BCUT2D eigenvalue weighted by Crippen LogP contribution is 2.34. The van der Waals surface area contributed by atoms with Crippen LogP contribution in [0.3, 0.4) is 0 Å². The number of hydrogen-bond acceptors (Lipinski definition) is 5. The van der Waals surface area contributed by atoms with Gasteiger partial charge in [0.15, 0.2) is 0 Å². The van der Waals surface area contributed by atoms with Crippen LogP contribution < -0.4 is 10.5 Å². The Morgan fingerprint density at radius 3 is 2.73 bits per heavy atom.